The Morgan fingerprint density at radius 2 is 1.85 bits per heavy atom. The van der Waals surface area contributed by atoms with Gasteiger partial charge in [0.25, 0.3) is 0 Å². The summed E-state index contributed by atoms with van der Waals surface area (Å²) in [6, 6.07) is 9.64. The molecule has 26 heavy (non-hydrogen) atoms. The average molecular weight is 369 g/mol. The summed E-state index contributed by atoms with van der Waals surface area (Å²) >= 11 is 1.34. The molecule has 0 spiro atoms. The number of hydrogen-bond acceptors (Lipinski definition) is 4. The van der Waals surface area contributed by atoms with Crippen LogP contribution in [0.1, 0.15) is 36.9 Å². The predicted octanol–water partition coefficient (Wildman–Crippen LogP) is 3.74. The van der Waals surface area contributed by atoms with Gasteiger partial charge < -0.3 is 4.90 Å². The van der Waals surface area contributed by atoms with Crippen molar-refractivity contribution in [2.24, 2.45) is 0 Å². The fourth-order valence-electron chi connectivity index (χ4n) is 2.92. The van der Waals surface area contributed by atoms with E-state index in [0.717, 1.165) is 31.5 Å². The molecule has 0 bridgehead atoms. The molecule has 0 atom stereocenters. The molecule has 1 N–H and O–H groups in total. The Bertz CT molecular complexity index is 762. The van der Waals surface area contributed by atoms with Crippen LogP contribution in [0.4, 0.5) is 5.13 Å². The molecule has 5 nitrogen and oxygen atoms in total. The molecule has 0 saturated carbocycles. The molecule has 2 amide bonds. The van der Waals surface area contributed by atoms with Crippen LogP contribution in [-0.4, -0.2) is 34.8 Å². The molecule has 1 aliphatic rings. The van der Waals surface area contributed by atoms with Gasteiger partial charge in [0.2, 0.25) is 11.8 Å². The van der Waals surface area contributed by atoms with E-state index in [1.807, 2.05) is 40.6 Å². The number of anilines is 1. The lowest BCUT2D eigenvalue weighted by Crippen LogP contribution is -2.33. The first kappa shape index (κ1) is 18.3. The van der Waals surface area contributed by atoms with Crippen LogP contribution in [-0.2, 0) is 16.0 Å². The smallest absolute Gasteiger partial charge is 0.250 e. The summed E-state index contributed by atoms with van der Waals surface area (Å²) in [5.41, 5.74) is 1.68. The average Bonchev–Trinajstić information content (AvgIpc) is 2.91. The molecule has 136 valence electrons. The zero-order valence-electron chi connectivity index (χ0n) is 14.7. The maximum absolute atomic E-state index is 12.4. The highest BCUT2D eigenvalue weighted by atomic mass is 32.1. The first-order valence-electron chi connectivity index (χ1n) is 8.97. The topological polar surface area (TPSA) is 62.3 Å². The summed E-state index contributed by atoms with van der Waals surface area (Å²) in [5, 5.41) is 5.11. The largest absolute Gasteiger partial charge is 0.342 e. The van der Waals surface area contributed by atoms with E-state index in [0.29, 0.717) is 17.2 Å². The van der Waals surface area contributed by atoms with Gasteiger partial charge in [0.15, 0.2) is 5.13 Å². The maximum Gasteiger partial charge on any atom is 0.250 e. The molecule has 1 aromatic carbocycles. The molecule has 0 unspecified atom stereocenters. The van der Waals surface area contributed by atoms with Gasteiger partial charge in [-0.1, -0.05) is 43.2 Å². The van der Waals surface area contributed by atoms with Gasteiger partial charge in [0.1, 0.15) is 0 Å². The summed E-state index contributed by atoms with van der Waals surface area (Å²) in [6.45, 7) is 1.69. The van der Waals surface area contributed by atoms with Crippen LogP contribution >= 0.6 is 11.3 Å². The van der Waals surface area contributed by atoms with Crippen molar-refractivity contribution in [2.45, 2.75) is 32.1 Å². The van der Waals surface area contributed by atoms with Gasteiger partial charge >= 0.3 is 0 Å². The van der Waals surface area contributed by atoms with Crippen LogP contribution in [0, 0.1) is 0 Å². The Morgan fingerprint density at radius 3 is 2.58 bits per heavy atom. The number of likely N-dealkylation sites (tertiary alicyclic amines) is 1. The van der Waals surface area contributed by atoms with E-state index in [-0.39, 0.29) is 11.8 Å². The molecule has 2 aromatic rings. The lowest BCUT2D eigenvalue weighted by atomic mass is 10.2. The summed E-state index contributed by atoms with van der Waals surface area (Å²) in [4.78, 5) is 30.7. The highest BCUT2D eigenvalue weighted by Crippen LogP contribution is 2.17. The van der Waals surface area contributed by atoms with Crippen LogP contribution in [0.5, 0.6) is 0 Å². The molecule has 1 fully saturated rings. The molecular formula is C20H23N3O2S. The Balaban J connectivity index is 1.51. The van der Waals surface area contributed by atoms with Crippen molar-refractivity contribution >= 4 is 34.4 Å². The number of rotatable bonds is 5. The second kappa shape index (κ2) is 9.29. The number of hydrogen-bond donors (Lipinski definition) is 1. The number of thiazole rings is 1. The second-order valence-electron chi connectivity index (χ2n) is 6.35. The van der Waals surface area contributed by atoms with Crippen LogP contribution < -0.4 is 5.32 Å². The van der Waals surface area contributed by atoms with Crippen molar-refractivity contribution in [3.63, 3.8) is 0 Å². The first-order valence-corrected chi connectivity index (χ1v) is 9.85. The van der Waals surface area contributed by atoms with E-state index in [9.17, 15) is 9.59 Å². The molecule has 6 heteroatoms. The normalized spacial score (nSPS) is 15.0. The number of amides is 2. The van der Waals surface area contributed by atoms with E-state index in [4.69, 9.17) is 0 Å². The van der Waals surface area contributed by atoms with E-state index < -0.39 is 0 Å². The predicted molar refractivity (Wildman–Crippen MR) is 105 cm³/mol. The van der Waals surface area contributed by atoms with Crippen molar-refractivity contribution in [3.05, 3.63) is 53.0 Å². The summed E-state index contributed by atoms with van der Waals surface area (Å²) in [5.74, 6) is -0.104. The highest BCUT2D eigenvalue weighted by Gasteiger charge is 2.17. The number of carbonyl (C=O) groups excluding carboxylic acids is 2. The summed E-state index contributed by atoms with van der Waals surface area (Å²) in [6.07, 6.45) is 8.10. The number of aromatic nitrogens is 1. The Labute approximate surface area is 157 Å². The van der Waals surface area contributed by atoms with Crippen molar-refractivity contribution in [3.8, 4) is 0 Å². The van der Waals surface area contributed by atoms with Gasteiger partial charge in [-0.3, -0.25) is 14.9 Å². The van der Waals surface area contributed by atoms with E-state index >= 15 is 0 Å². The standard InChI is InChI=1S/C20H23N3O2S/c24-18(11-10-16-8-4-3-5-9-16)22-20-21-17(15-26-20)14-19(25)23-12-6-1-2-7-13-23/h3-5,8-11,15H,1-2,6-7,12-14H2,(H,21,22,24)/b11-10+. The quantitative estimate of drug-likeness (QED) is 0.817. The molecule has 1 aromatic heterocycles. The number of carbonyl (C=O) groups is 2. The van der Waals surface area contributed by atoms with Gasteiger partial charge in [-0.05, 0) is 24.5 Å². The molecule has 2 heterocycles. The van der Waals surface area contributed by atoms with E-state index in [1.54, 1.807) is 6.08 Å². The third-order valence-electron chi connectivity index (χ3n) is 4.30. The fourth-order valence-corrected chi connectivity index (χ4v) is 3.63. The number of benzene rings is 1. The lowest BCUT2D eigenvalue weighted by Gasteiger charge is -2.19. The lowest BCUT2D eigenvalue weighted by molar-refractivity contribution is -0.130. The Hall–Kier alpha value is -2.47. The molecular weight excluding hydrogens is 346 g/mol. The van der Waals surface area contributed by atoms with Gasteiger partial charge in [-0.15, -0.1) is 11.3 Å². The van der Waals surface area contributed by atoms with E-state index in [2.05, 4.69) is 10.3 Å². The van der Waals surface area contributed by atoms with Gasteiger partial charge in [0.05, 0.1) is 12.1 Å². The van der Waals surface area contributed by atoms with Crippen LogP contribution in [0.25, 0.3) is 6.08 Å². The van der Waals surface area contributed by atoms with Gasteiger partial charge in [-0.25, -0.2) is 4.98 Å². The molecule has 1 aliphatic heterocycles. The van der Waals surface area contributed by atoms with Crippen molar-refractivity contribution in [2.75, 3.05) is 18.4 Å². The van der Waals surface area contributed by atoms with Crippen LogP contribution in [0.15, 0.2) is 41.8 Å². The second-order valence-corrected chi connectivity index (χ2v) is 7.21. The zero-order chi connectivity index (χ0) is 18.2. The molecule has 3 rings (SSSR count). The van der Waals surface area contributed by atoms with E-state index in [1.165, 1.54) is 30.3 Å². The highest BCUT2D eigenvalue weighted by molar-refractivity contribution is 7.14. The first-order chi connectivity index (χ1) is 12.7. The van der Waals surface area contributed by atoms with Gasteiger partial charge in [-0.2, -0.15) is 0 Å². The molecule has 0 radical (unpaired) electrons. The minimum atomic E-state index is -0.228. The van der Waals surface area contributed by atoms with Crippen molar-refractivity contribution in [1.29, 1.82) is 0 Å². The van der Waals surface area contributed by atoms with Crippen LogP contribution in [0.2, 0.25) is 0 Å². The maximum atomic E-state index is 12.4. The minimum absolute atomic E-state index is 0.124. The number of nitrogens with one attached hydrogen (secondary N) is 1. The van der Waals surface area contributed by atoms with Crippen molar-refractivity contribution in [1.82, 2.24) is 9.88 Å². The Morgan fingerprint density at radius 1 is 1.12 bits per heavy atom. The van der Waals surface area contributed by atoms with Gasteiger partial charge in [0, 0.05) is 24.5 Å². The summed E-state index contributed by atoms with van der Waals surface area (Å²) < 4.78 is 0. The minimum Gasteiger partial charge on any atom is -0.342 e. The van der Waals surface area contributed by atoms with Crippen LogP contribution in [0.3, 0.4) is 0 Å². The van der Waals surface area contributed by atoms with Crippen molar-refractivity contribution < 1.29 is 9.59 Å². The third-order valence-corrected chi connectivity index (χ3v) is 5.11. The molecule has 1 saturated heterocycles. The molecule has 0 aliphatic carbocycles. The third kappa shape index (κ3) is 5.52. The zero-order valence-corrected chi connectivity index (χ0v) is 15.5. The Kier molecular flexibility index (Phi) is 6.55. The fraction of sp³-hybridized carbons (Fsp3) is 0.350. The number of nitrogens with zero attached hydrogens (tertiary/aromatic N) is 2. The summed E-state index contributed by atoms with van der Waals surface area (Å²) in [7, 11) is 0. The SMILES string of the molecule is O=C(/C=C/c1ccccc1)Nc1nc(CC(=O)N2CCCCCC2)cs1. The monoisotopic (exact) mass is 369 g/mol.